The Hall–Kier alpha value is -4.77. The number of aryl methyl sites for hydroxylation is 1. The monoisotopic (exact) mass is 541 g/mol. The van der Waals surface area contributed by atoms with Crippen molar-refractivity contribution in [3.8, 4) is 11.1 Å². The Balaban J connectivity index is 1.26. The van der Waals surface area contributed by atoms with Gasteiger partial charge in [-0.15, -0.1) is 5.10 Å². The summed E-state index contributed by atoms with van der Waals surface area (Å²) in [5.41, 5.74) is 4.39. The number of nitrogens with zero attached hydrogens (tertiary/aromatic N) is 5. The number of fused-ring (bicyclic) bond motifs is 2. The summed E-state index contributed by atoms with van der Waals surface area (Å²) in [6.45, 7) is 2.59. The van der Waals surface area contributed by atoms with Gasteiger partial charge in [-0.25, -0.2) is 13.7 Å². The van der Waals surface area contributed by atoms with Crippen LogP contribution in [0.3, 0.4) is 0 Å². The average Bonchev–Trinajstić information content (AvgIpc) is 3.64. The molecule has 0 spiro atoms. The molecule has 40 heavy (non-hydrogen) atoms. The van der Waals surface area contributed by atoms with Crippen molar-refractivity contribution in [2.24, 2.45) is 7.05 Å². The second-order valence-corrected chi connectivity index (χ2v) is 10.1. The molecule has 6 rings (SSSR count). The van der Waals surface area contributed by atoms with E-state index < -0.39 is 6.10 Å². The highest BCUT2D eigenvalue weighted by Crippen LogP contribution is 2.29. The third kappa shape index (κ3) is 4.87. The summed E-state index contributed by atoms with van der Waals surface area (Å²) in [6.07, 6.45) is 3.60. The second-order valence-electron chi connectivity index (χ2n) is 10.1. The molecule has 3 amide bonds. The summed E-state index contributed by atoms with van der Waals surface area (Å²) in [6, 6.07) is 15.1. The maximum Gasteiger partial charge on any atom is 0.324 e. The lowest BCUT2D eigenvalue weighted by Crippen LogP contribution is -2.33. The summed E-state index contributed by atoms with van der Waals surface area (Å²) in [4.78, 5) is 31.7. The highest BCUT2D eigenvalue weighted by Gasteiger charge is 2.25. The lowest BCUT2D eigenvalue weighted by atomic mass is 10.0. The Morgan fingerprint density at radius 1 is 1.12 bits per heavy atom. The number of amides is 3. The minimum atomic E-state index is -0.507. The molecule has 1 aliphatic heterocycles. The smallest absolute Gasteiger partial charge is 0.324 e. The third-order valence-electron chi connectivity index (χ3n) is 7.27. The van der Waals surface area contributed by atoms with E-state index in [2.05, 4.69) is 20.7 Å². The van der Waals surface area contributed by atoms with Crippen LogP contribution >= 0.6 is 0 Å². The highest BCUT2D eigenvalue weighted by atomic mass is 19.1. The van der Waals surface area contributed by atoms with Crippen molar-refractivity contribution in [2.45, 2.75) is 25.5 Å². The standard InChI is InChI=1S/C29H28FN7O3/c1-17(18-4-3-5-21(30)12-18)31-27(39)24-16-35(2)25-7-6-19(13-23(24)25)20-8-11-37-26(14-20)32-28(34-37)33-29(40)36-10-9-22(38)15-36/h3-8,11-14,16-17,22,38H,9-10,15H2,1-2H3,(H,31,39)(H,33,34,40)/t17-,22?/m0/s1. The number of aliphatic hydroxyl groups is 1. The van der Waals surface area contributed by atoms with Crippen molar-refractivity contribution in [1.82, 2.24) is 29.4 Å². The van der Waals surface area contributed by atoms with Crippen molar-refractivity contribution >= 4 is 34.4 Å². The van der Waals surface area contributed by atoms with E-state index in [0.717, 1.165) is 22.0 Å². The fraction of sp³-hybridized carbons (Fsp3) is 0.241. The largest absolute Gasteiger partial charge is 0.391 e. The first kappa shape index (κ1) is 25.5. The van der Waals surface area contributed by atoms with Crippen molar-refractivity contribution in [3.05, 3.63) is 83.9 Å². The fourth-order valence-electron chi connectivity index (χ4n) is 5.10. The number of hydrogen-bond acceptors (Lipinski definition) is 5. The van der Waals surface area contributed by atoms with Crippen molar-refractivity contribution < 1.29 is 19.1 Å². The average molecular weight is 542 g/mol. The first-order chi connectivity index (χ1) is 19.2. The number of rotatable bonds is 5. The molecule has 0 aliphatic carbocycles. The summed E-state index contributed by atoms with van der Waals surface area (Å²) in [5, 5.41) is 20.5. The van der Waals surface area contributed by atoms with Gasteiger partial charge in [0.1, 0.15) is 5.82 Å². The van der Waals surface area contributed by atoms with Gasteiger partial charge in [-0.2, -0.15) is 4.98 Å². The molecule has 204 valence electrons. The molecule has 3 aromatic heterocycles. The Kier molecular flexibility index (Phi) is 6.43. The van der Waals surface area contributed by atoms with Gasteiger partial charge < -0.3 is 19.9 Å². The van der Waals surface area contributed by atoms with E-state index in [0.29, 0.717) is 29.7 Å². The minimum absolute atomic E-state index is 0.174. The number of halogens is 1. The predicted molar refractivity (Wildman–Crippen MR) is 148 cm³/mol. The third-order valence-corrected chi connectivity index (χ3v) is 7.27. The van der Waals surface area contributed by atoms with Crippen LogP contribution < -0.4 is 10.6 Å². The van der Waals surface area contributed by atoms with Crippen molar-refractivity contribution in [1.29, 1.82) is 0 Å². The van der Waals surface area contributed by atoms with E-state index in [1.165, 1.54) is 17.0 Å². The van der Waals surface area contributed by atoms with Crippen LogP contribution in [0.25, 0.3) is 27.7 Å². The van der Waals surface area contributed by atoms with Gasteiger partial charge in [-0.1, -0.05) is 18.2 Å². The molecule has 1 fully saturated rings. The number of aliphatic hydroxyl groups excluding tert-OH is 1. The Labute approximate surface area is 229 Å². The molecule has 1 saturated heterocycles. The fourth-order valence-corrected chi connectivity index (χ4v) is 5.10. The van der Waals surface area contributed by atoms with Crippen LogP contribution in [0.2, 0.25) is 0 Å². The number of carbonyl (C=O) groups is 2. The van der Waals surface area contributed by atoms with Gasteiger partial charge in [0, 0.05) is 43.4 Å². The highest BCUT2D eigenvalue weighted by molar-refractivity contribution is 6.08. The number of nitrogens with one attached hydrogen (secondary N) is 2. The molecular weight excluding hydrogens is 513 g/mol. The van der Waals surface area contributed by atoms with Gasteiger partial charge in [0.2, 0.25) is 0 Å². The zero-order valence-electron chi connectivity index (χ0n) is 22.0. The second kappa shape index (κ2) is 10.1. The van der Waals surface area contributed by atoms with Gasteiger partial charge in [-0.05, 0) is 66.4 Å². The van der Waals surface area contributed by atoms with Crippen LogP contribution in [0.1, 0.15) is 35.3 Å². The summed E-state index contributed by atoms with van der Waals surface area (Å²) in [7, 11) is 1.88. The molecule has 10 nitrogen and oxygen atoms in total. The quantitative estimate of drug-likeness (QED) is 0.310. The maximum atomic E-state index is 13.7. The number of β-amino-alcohol motifs (C(OH)–C–C–N with tert-alkyl or cyclic N) is 1. The molecule has 2 aromatic carbocycles. The van der Waals surface area contributed by atoms with E-state index in [9.17, 15) is 19.1 Å². The molecule has 2 atom stereocenters. The lowest BCUT2D eigenvalue weighted by Gasteiger charge is -2.14. The van der Waals surface area contributed by atoms with E-state index in [-0.39, 0.29) is 36.3 Å². The lowest BCUT2D eigenvalue weighted by molar-refractivity contribution is 0.0941. The van der Waals surface area contributed by atoms with Gasteiger partial charge in [0.15, 0.2) is 5.65 Å². The van der Waals surface area contributed by atoms with E-state index in [1.807, 2.05) is 48.9 Å². The molecule has 1 unspecified atom stereocenters. The molecule has 0 saturated carbocycles. The van der Waals surface area contributed by atoms with E-state index in [1.54, 1.807) is 29.0 Å². The van der Waals surface area contributed by atoms with Gasteiger partial charge in [0.25, 0.3) is 11.9 Å². The summed E-state index contributed by atoms with van der Waals surface area (Å²) < 4.78 is 17.2. The van der Waals surface area contributed by atoms with Crippen LogP contribution in [0.5, 0.6) is 0 Å². The summed E-state index contributed by atoms with van der Waals surface area (Å²) in [5.74, 6) is -0.425. The molecule has 3 N–H and O–H groups in total. The molecule has 1 aliphatic rings. The van der Waals surface area contributed by atoms with Crippen molar-refractivity contribution in [2.75, 3.05) is 18.4 Å². The van der Waals surface area contributed by atoms with Crippen molar-refractivity contribution in [3.63, 3.8) is 0 Å². The molecule has 0 bridgehead atoms. The zero-order chi connectivity index (χ0) is 28.0. The SMILES string of the molecule is C[C@H](NC(=O)c1cn(C)c2ccc(-c3ccn4nc(NC(=O)N5CCC(O)C5)nc4c3)cc12)c1cccc(F)c1. The number of anilines is 1. The van der Waals surface area contributed by atoms with Crippen LogP contribution in [0.4, 0.5) is 15.1 Å². The number of carbonyl (C=O) groups excluding carboxylic acids is 2. The number of benzene rings is 2. The zero-order valence-corrected chi connectivity index (χ0v) is 22.0. The van der Waals surface area contributed by atoms with E-state index in [4.69, 9.17) is 0 Å². The molecule has 0 radical (unpaired) electrons. The number of aromatic nitrogens is 4. The van der Waals surface area contributed by atoms with Crippen LogP contribution in [0.15, 0.2) is 67.0 Å². The van der Waals surface area contributed by atoms with Crippen LogP contribution in [-0.2, 0) is 7.05 Å². The van der Waals surface area contributed by atoms with E-state index >= 15 is 0 Å². The normalized spacial score (nSPS) is 16.0. The number of pyridine rings is 1. The Morgan fingerprint density at radius 2 is 1.95 bits per heavy atom. The topological polar surface area (TPSA) is 117 Å². The van der Waals surface area contributed by atoms with Gasteiger partial charge in [0.05, 0.1) is 17.7 Å². The summed E-state index contributed by atoms with van der Waals surface area (Å²) >= 11 is 0. The Bertz CT molecular complexity index is 1760. The predicted octanol–water partition coefficient (Wildman–Crippen LogP) is 4.12. The van der Waals surface area contributed by atoms with Gasteiger partial charge in [-0.3, -0.25) is 10.1 Å². The first-order valence-corrected chi connectivity index (χ1v) is 13.0. The Morgan fingerprint density at radius 3 is 2.73 bits per heavy atom. The van der Waals surface area contributed by atoms with Crippen LogP contribution in [-0.4, -0.2) is 60.3 Å². The maximum absolute atomic E-state index is 13.7. The number of urea groups is 1. The number of likely N-dealkylation sites (tertiary alicyclic amines) is 1. The van der Waals surface area contributed by atoms with Gasteiger partial charge >= 0.3 is 6.03 Å². The van der Waals surface area contributed by atoms with Crippen LogP contribution in [0, 0.1) is 5.82 Å². The molecule has 5 aromatic rings. The molecule has 11 heteroatoms. The molecule has 4 heterocycles. The first-order valence-electron chi connectivity index (χ1n) is 13.0. The minimum Gasteiger partial charge on any atom is -0.391 e. The molecular formula is C29H28FN7O3. The number of hydrogen-bond donors (Lipinski definition) is 3.